The van der Waals surface area contributed by atoms with Gasteiger partial charge in [-0.15, -0.1) is 0 Å². The van der Waals surface area contributed by atoms with E-state index >= 15 is 0 Å². The van der Waals surface area contributed by atoms with Crippen molar-refractivity contribution in [2.24, 2.45) is 0 Å². The van der Waals surface area contributed by atoms with Gasteiger partial charge < -0.3 is 4.90 Å². The molecule has 0 saturated heterocycles. The summed E-state index contributed by atoms with van der Waals surface area (Å²) in [6.45, 7) is 0.485. The van der Waals surface area contributed by atoms with Crippen LogP contribution in [0.5, 0.6) is 0 Å². The van der Waals surface area contributed by atoms with E-state index in [1.165, 1.54) is 0 Å². The molecule has 2 nitrogen and oxygen atoms in total. The van der Waals surface area contributed by atoms with Crippen molar-refractivity contribution in [1.82, 2.24) is 0 Å². The smallest absolute Gasteiger partial charge is 0.251 e. The molecule has 0 spiro atoms. The molecule has 124 valence electrons. The number of nitrogens with zero attached hydrogens (tertiary/aromatic N) is 1. The van der Waals surface area contributed by atoms with Gasteiger partial charge in [0, 0.05) is 16.8 Å². The topological polar surface area (TPSA) is 20.3 Å². The normalized spacial score (nSPS) is 10.8. The minimum absolute atomic E-state index is 0.0648. The van der Waals surface area contributed by atoms with Crippen molar-refractivity contribution in [2.75, 3.05) is 4.90 Å². The van der Waals surface area contributed by atoms with Crippen molar-refractivity contribution >= 4 is 29.3 Å². The molecule has 0 aliphatic rings. The van der Waals surface area contributed by atoms with Crippen LogP contribution in [0.1, 0.15) is 11.1 Å². The van der Waals surface area contributed by atoms with Crippen LogP contribution in [0.25, 0.3) is 6.08 Å². The molecule has 3 aromatic rings. The first kappa shape index (κ1) is 17.0. The maximum absolute atomic E-state index is 12.8. The maximum atomic E-state index is 12.8. The van der Waals surface area contributed by atoms with E-state index in [4.69, 9.17) is 11.6 Å². The van der Waals surface area contributed by atoms with Crippen molar-refractivity contribution in [3.8, 4) is 0 Å². The Morgan fingerprint density at radius 3 is 2.08 bits per heavy atom. The van der Waals surface area contributed by atoms with E-state index in [-0.39, 0.29) is 5.91 Å². The molecule has 3 heteroatoms. The van der Waals surface area contributed by atoms with E-state index < -0.39 is 0 Å². The Morgan fingerprint density at radius 2 is 1.44 bits per heavy atom. The third kappa shape index (κ3) is 4.82. The first-order valence-electron chi connectivity index (χ1n) is 8.06. The fourth-order valence-corrected chi connectivity index (χ4v) is 2.62. The van der Waals surface area contributed by atoms with E-state index in [0.29, 0.717) is 11.6 Å². The maximum Gasteiger partial charge on any atom is 0.251 e. The molecule has 3 aromatic carbocycles. The summed E-state index contributed by atoms with van der Waals surface area (Å²) >= 11 is 5.95. The van der Waals surface area contributed by atoms with Crippen LogP contribution in [-0.2, 0) is 11.3 Å². The molecule has 0 aliphatic heterocycles. The fourth-order valence-electron chi connectivity index (χ4n) is 2.50. The average Bonchev–Trinajstić information content (AvgIpc) is 2.67. The van der Waals surface area contributed by atoms with Gasteiger partial charge in [-0.3, -0.25) is 4.79 Å². The van der Waals surface area contributed by atoms with Crippen molar-refractivity contribution in [1.29, 1.82) is 0 Å². The summed E-state index contributed by atoms with van der Waals surface area (Å²) in [5.41, 5.74) is 2.88. The summed E-state index contributed by atoms with van der Waals surface area (Å²) in [4.78, 5) is 14.6. The van der Waals surface area contributed by atoms with E-state index in [1.54, 1.807) is 11.0 Å². The molecule has 0 aliphatic carbocycles. The van der Waals surface area contributed by atoms with Gasteiger partial charge in [-0.25, -0.2) is 0 Å². The van der Waals surface area contributed by atoms with Crippen LogP contribution in [0.4, 0.5) is 5.69 Å². The highest BCUT2D eigenvalue weighted by molar-refractivity contribution is 6.30. The van der Waals surface area contributed by atoms with Crippen molar-refractivity contribution in [3.63, 3.8) is 0 Å². The zero-order valence-electron chi connectivity index (χ0n) is 13.7. The fraction of sp³-hybridized carbons (Fsp3) is 0.0455. The minimum atomic E-state index is -0.0648. The second-order valence-electron chi connectivity index (χ2n) is 5.63. The van der Waals surface area contributed by atoms with Crippen LogP contribution >= 0.6 is 11.6 Å². The minimum Gasteiger partial charge on any atom is -0.304 e. The number of amides is 1. The first-order valence-corrected chi connectivity index (χ1v) is 8.44. The Bertz CT molecular complexity index is 842. The molecule has 25 heavy (non-hydrogen) atoms. The van der Waals surface area contributed by atoms with Gasteiger partial charge in [-0.1, -0.05) is 72.3 Å². The number of carbonyl (C=O) groups is 1. The molecule has 0 saturated carbocycles. The molecule has 0 unspecified atom stereocenters. The molecule has 0 bridgehead atoms. The Balaban J connectivity index is 1.84. The number of para-hydroxylation sites is 1. The van der Waals surface area contributed by atoms with E-state index in [0.717, 1.165) is 16.8 Å². The standard InChI is InChI=1S/C22H18ClNO/c23-20-14-11-19(12-15-20)17-24(21-9-5-2-6-10-21)22(25)16-13-18-7-3-1-4-8-18/h1-16H,17H2. The summed E-state index contributed by atoms with van der Waals surface area (Å²) in [6.07, 6.45) is 3.44. The lowest BCUT2D eigenvalue weighted by Gasteiger charge is -2.21. The van der Waals surface area contributed by atoms with Crippen molar-refractivity contribution in [2.45, 2.75) is 6.54 Å². The summed E-state index contributed by atoms with van der Waals surface area (Å²) < 4.78 is 0. The third-order valence-corrected chi connectivity index (χ3v) is 4.06. The van der Waals surface area contributed by atoms with Gasteiger partial charge in [-0.05, 0) is 41.5 Å². The quantitative estimate of drug-likeness (QED) is 0.551. The summed E-state index contributed by atoms with van der Waals surface area (Å²) in [5.74, 6) is -0.0648. The average molecular weight is 348 g/mol. The van der Waals surface area contributed by atoms with Gasteiger partial charge >= 0.3 is 0 Å². The molecule has 0 fully saturated rings. The van der Waals surface area contributed by atoms with E-state index in [1.807, 2.05) is 91.0 Å². The molecular formula is C22H18ClNO. The first-order chi connectivity index (χ1) is 12.2. The number of carbonyl (C=O) groups excluding carboxylic acids is 1. The van der Waals surface area contributed by atoms with E-state index in [9.17, 15) is 4.79 Å². The molecule has 0 N–H and O–H groups in total. The summed E-state index contributed by atoms with van der Waals surface area (Å²) in [6, 6.07) is 27.0. The number of rotatable bonds is 5. The van der Waals surface area contributed by atoms with Gasteiger partial charge in [0.2, 0.25) is 0 Å². The largest absolute Gasteiger partial charge is 0.304 e. The van der Waals surface area contributed by atoms with Gasteiger partial charge in [0.05, 0.1) is 6.54 Å². The molecule has 1 amide bonds. The highest BCUT2D eigenvalue weighted by atomic mass is 35.5. The van der Waals surface area contributed by atoms with Gasteiger partial charge in [0.15, 0.2) is 0 Å². The highest BCUT2D eigenvalue weighted by Crippen LogP contribution is 2.19. The van der Waals surface area contributed by atoms with Crippen LogP contribution in [-0.4, -0.2) is 5.91 Å². The number of hydrogen-bond donors (Lipinski definition) is 0. The molecule has 3 rings (SSSR count). The molecular weight excluding hydrogens is 330 g/mol. The zero-order valence-corrected chi connectivity index (χ0v) is 14.4. The molecule has 0 radical (unpaired) electrons. The number of anilines is 1. The van der Waals surface area contributed by atoms with Gasteiger partial charge in [0.25, 0.3) is 5.91 Å². The van der Waals surface area contributed by atoms with Crippen LogP contribution in [0.3, 0.4) is 0 Å². The number of halogens is 1. The summed E-state index contributed by atoms with van der Waals surface area (Å²) in [7, 11) is 0. The molecule has 0 heterocycles. The highest BCUT2D eigenvalue weighted by Gasteiger charge is 2.13. The Morgan fingerprint density at radius 1 is 0.840 bits per heavy atom. The van der Waals surface area contributed by atoms with Gasteiger partial charge in [0.1, 0.15) is 0 Å². The lowest BCUT2D eigenvalue weighted by atomic mass is 10.1. The van der Waals surface area contributed by atoms with Crippen molar-refractivity contribution < 1.29 is 4.79 Å². The van der Waals surface area contributed by atoms with E-state index in [2.05, 4.69) is 0 Å². The number of hydrogen-bond acceptors (Lipinski definition) is 1. The lowest BCUT2D eigenvalue weighted by molar-refractivity contribution is -0.114. The zero-order chi connectivity index (χ0) is 17.5. The predicted molar refractivity (Wildman–Crippen MR) is 105 cm³/mol. The van der Waals surface area contributed by atoms with Crippen LogP contribution < -0.4 is 4.90 Å². The monoisotopic (exact) mass is 347 g/mol. The van der Waals surface area contributed by atoms with Crippen LogP contribution in [0.2, 0.25) is 5.02 Å². The third-order valence-electron chi connectivity index (χ3n) is 3.81. The molecule has 0 aromatic heterocycles. The van der Waals surface area contributed by atoms with Crippen molar-refractivity contribution in [3.05, 3.63) is 107 Å². The lowest BCUT2D eigenvalue weighted by Crippen LogP contribution is -2.28. The molecule has 0 atom stereocenters. The predicted octanol–water partition coefficient (Wildman–Crippen LogP) is 5.59. The van der Waals surface area contributed by atoms with Gasteiger partial charge in [-0.2, -0.15) is 0 Å². The second kappa shape index (κ2) is 8.32. The Labute approximate surface area is 153 Å². The van der Waals surface area contributed by atoms with Crippen LogP contribution in [0, 0.1) is 0 Å². The summed E-state index contributed by atoms with van der Waals surface area (Å²) in [5, 5.41) is 0.685. The van der Waals surface area contributed by atoms with Crippen LogP contribution in [0.15, 0.2) is 91.0 Å². The second-order valence-corrected chi connectivity index (χ2v) is 6.07. The number of benzene rings is 3. The Kier molecular flexibility index (Phi) is 5.65. The SMILES string of the molecule is O=C(C=Cc1ccccc1)N(Cc1ccc(Cl)cc1)c1ccccc1. The Hall–Kier alpha value is -2.84.